The van der Waals surface area contributed by atoms with E-state index in [1.54, 1.807) is 26.2 Å². The summed E-state index contributed by atoms with van der Waals surface area (Å²) in [6, 6.07) is 7.19. The molecule has 1 N–H and O–H groups in total. The standard InChI is InChI=1S/C14H16N2O3/c1-4-12-13(9(2)19-16-12)14(17)15-10-6-5-7-11(8-10)18-3/h5-8H,4H2,1-3H3,(H,15,17). The van der Waals surface area contributed by atoms with Crippen LogP contribution in [0.25, 0.3) is 0 Å². The molecule has 0 aliphatic rings. The van der Waals surface area contributed by atoms with E-state index in [0.29, 0.717) is 34.9 Å². The molecule has 2 aromatic rings. The number of ether oxygens (including phenoxy) is 1. The van der Waals surface area contributed by atoms with Gasteiger partial charge in [0.05, 0.1) is 12.8 Å². The summed E-state index contributed by atoms with van der Waals surface area (Å²) in [5, 5.41) is 6.69. The first-order valence-corrected chi connectivity index (χ1v) is 6.06. The number of carbonyl (C=O) groups excluding carboxylic acids is 1. The van der Waals surface area contributed by atoms with Crippen molar-refractivity contribution in [3.63, 3.8) is 0 Å². The molecule has 1 aromatic heterocycles. The van der Waals surface area contributed by atoms with Gasteiger partial charge in [-0.25, -0.2) is 0 Å². The van der Waals surface area contributed by atoms with Gasteiger partial charge in [-0.2, -0.15) is 0 Å². The number of hydrogen-bond donors (Lipinski definition) is 1. The summed E-state index contributed by atoms with van der Waals surface area (Å²) >= 11 is 0. The van der Waals surface area contributed by atoms with Crippen LogP contribution in [0.5, 0.6) is 5.75 Å². The van der Waals surface area contributed by atoms with E-state index in [1.807, 2.05) is 19.1 Å². The van der Waals surface area contributed by atoms with E-state index in [9.17, 15) is 4.79 Å². The molecule has 0 saturated heterocycles. The second-order valence-corrected chi connectivity index (χ2v) is 4.10. The molecule has 1 amide bonds. The highest BCUT2D eigenvalue weighted by Crippen LogP contribution is 2.20. The average molecular weight is 260 g/mol. The molecule has 1 heterocycles. The molecule has 0 spiro atoms. The zero-order valence-corrected chi connectivity index (χ0v) is 11.2. The zero-order valence-electron chi connectivity index (χ0n) is 11.2. The van der Waals surface area contributed by atoms with Gasteiger partial charge in [0.15, 0.2) is 0 Å². The summed E-state index contributed by atoms with van der Waals surface area (Å²) in [5.74, 6) is 0.997. The number of carbonyl (C=O) groups is 1. The molecule has 0 bridgehead atoms. The number of rotatable bonds is 4. The number of nitrogens with zero attached hydrogens (tertiary/aromatic N) is 1. The van der Waals surface area contributed by atoms with Crippen LogP contribution in [-0.4, -0.2) is 18.2 Å². The predicted molar refractivity (Wildman–Crippen MR) is 71.6 cm³/mol. The third-order valence-electron chi connectivity index (χ3n) is 2.82. The molecular weight excluding hydrogens is 244 g/mol. The predicted octanol–water partition coefficient (Wildman–Crippen LogP) is 2.81. The van der Waals surface area contributed by atoms with Crippen molar-refractivity contribution in [1.29, 1.82) is 0 Å². The maximum absolute atomic E-state index is 12.2. The maximum Gasteiger partial charge on any atom is 0.261 e. The fraction of sp³-hybridized carbons (Fsp3) is 0.286. The van der Waals surface area contributed by atoms with Gasteiger partial charge in [-0.05, 0) is 25.5 Å². The van der Waals surface area contributed by atoms with Crippen LogP contribution in [0, 0.1) is 6.92 Å². The van der Waals surface area contributed by atoms with Crippen LogP contribution in [-0.2, 0) is 6.42 Å². The number of amides is 1. The van der Waals surface area contributed by atoms with E-state index >= 15 is 0 Å². The Morgan fingerprint density at radius 1 is 1.47 bits per heavy atom. The highest BCUT2D eigenvalue weighted by molar-refractivity contribution is 6.05. The van der Waals surface area contributed by atoms with E-state index in [-0.39, 0.29) is 5.91 Å². The normalized spacial score (nSPS) is 10.3. The minimum Gasteiger partial charge on any atom is -0.497 e. The smallest absolute Gasteiger partial charge is 0.261 e. The van der Waals surface area contributed by atoms with Gasteiger partial charge in [-0.3, -0.25) is 4.79 Å². The molecule has 2 rings (SSSR count). The van der Waals surface area contributed by atoms with Gasteiger partial charge in [-0.1, -0.05) is 18.1 Å². The van der Waals surface area contributed by atoms with E-state index in [1.165, 1.54) is 0 Å². The summed E-state index contributed by atoms with van der Waals surface area (Å²) in [7, 11) is 1.58. The summed E-state index contributed by atoms with van der Waals surface area (Å²) in [4.78, 5) is 12.2. The number of methoxy groups -OCH3 is 1. The Hall–Kier alpha value is -2.30. The van der Waals surface area contributed by atoms with Gasteiger partial charge in [0.2, 0.25) is 0 Å². The molecule has 0 atom stereocenters. The van der Waals surface area contributed by atoms with Crippen LogP contribution in [0.1, 0.15) is 28.7 Å². The molecule has 0 aliphatic carbocycles. The van der Waals surface area contributed by atoms with Crippen molar-refractivity contribution >= 4 is 11.6 Å². The Balaban J connectivity index is 2.23. The number of nitrogens with one attached hydrogen (secondary N) is 1. The van der Waals surface area contributed by atoms with Crippen LogP contribution in [0.15, 0.2) is 28.8 Å². The molecule has 19 heavy (non-hydrogen) atoms. The zero-order chi connectivity index (χ0) is 13.8. The third-order valence-corrected chi connectivity index (χ3v) is 2.82. The van der Waals surface area contributed by atoms with E-state index in [2.05, 4.69) is 10.5 Å². The van der Waals surface area contributed by atoms with Crippen molar-refractivity contribution in [2.24, 2.45) is 0 Å². The second kappa shape index (κ2) is 5.56. The molecule has 0 radical (unpaired) electrons. The Labute approximate surface area is 111 Å². The van der Waals surface area contributed by atoms with Crippen molar-refractivity contribution in [1.82, 2.24) is 5.16 Å². The molecule has 0 fully saturated rings. The summed E-state index contributed by atoms with van der Waals surface area (Å²) in [6.45, 7) is 3.66. The monoisotopic (exact) mass is 260 g/mol. The van der Waals surface area contributed by atoms with Gasteiger partial charge >= 0.3 is 0 Å². The highest BCUT2D eigenvalue weighted by atomic mass is 16.5. The van der Waals surface area contributed by atoms with E-state index in [0.717, 1.165) is 0 Å². The number of anilines is 1. The lowest BCUT2D eigenvalue weighted by molar-refractivity contribution is 0.102. The Bertz CT molecular complexity index is 590. The minimum absolute atomic E-state index is 0.219. The topological polar surface area (TPSA) is 64.4 Å². The third kappa shape index (κ3) is 2.76. The van der Waals surface area contributed by atoms with Crippen molar-refractivity contribution in [3.8, 4) is 5.75 Å². The first-order chi connectivity index (χ1) is 9.15. The molecule has 0 saturated carbocycles. The Morgan fingerprint density at radius 2 is 2.26 bits per heavy atom. The lowest BCUT2D eigenvalue weighted by Crippen LogP contribution is -2.14. The molecule has 5 heteroatoms. The summed E-state index contributed by atoms with van der Waals surface area (Å²) < 4.78 is 10.2. The number of benzene rings is 1. The van der Waals surface area contributed by atoms with Gasteiger partial charge < -0.3 is 14.6 Å². The largest absolute Gasteiger partial charge is 0.497 e. The molecule has 1 aromatic carbocycles. The number of aryl methyl sites for hydroxylation is 2. The average Bonchev–Trinajstić information content (AvgIpc) is 2.80. The van der Waals surface area contributed by atoms with Crippen molar-refractivity contribution in [3.05, 3.63) is 41.3 Å². The van der Waals surface area contributed by atoms with Crippen LogP contribution < -0.4 is 10.1 Å². The van der Waals surface area contributed by atoms with Crippen molar-refractivity contribution < 1.29 is 14.1 Å². The van der Waals surface area contributed by atoms with Gasteiger partial charge in [0.1, 0.15) is 17.1 Å². The molecule has 5 nitrogen and oxygen atoms in total. The lowest BCUT2D eigenvalue weighted by atomic mass is 10.1. The summed E-state index contributed by atoms with van der Waals surface area (Å²) in [6.07, 6.45) is 0.651. The van der Waals surface area contributed by atoms with Gasteiger partial charge in [-0.15, -0.1) is 0 Å². The lowest BCUT2D eigenvalue weighted by Gasteiger charge is -2.06. The maximum atomic E-state index is 12.2. The second-order valence-electron chi connectivity index (χ2n) is 4.10. The Morgan fingerprint density at radius 3 is 2.95 bits per heavy atom. The number of aromatic nitrogens is 1. The molecule has 0 unspecified atom stereocenters. The van der Waals surface area contributed by atoms with Crippen LogP contribution in [0.2, 0.25) is 0 Å². The quantitative estimate of drug-likeness (QED) is 0.918. The molecule has 100 valence electrons. The Kier molecular flexibility index (Phi) is 3.85. The van der Waals surface area contributed by atoms with Crippen molar-refractivity contribution in [2.45, 2.75) is 20.3 Å². The summed E-state index contributed by atoms with van der Waals surface area (Å²) in [5.41, 5.74) is 1.84. The SMILES string of the molecule is CCc1noc(C)c1C(=O)Nc1cccc(OC)c1. The van der Waals surface area contributed by atoms with Gasteiger partial charge in [0.25, 0.3) is 5.91 Å². The van der Waals surface area contributed by atoms with Gasteiger partial charge in [0, 0.05) is 11.8 Å². The number of hydrogen-bond acceptors (Lipinski definition) is 4. The van der Waals surface area contributed by atoms with Crippen LogP contribution in [0.4, 0.5) is 5.69 Å². The fourth-order valence-corrected chi connectivity index (χ4v) is 1.84. The molecule has 0 aliphatic heterocycles. The first-order valence-electron chi connectivity index (χ1n) is 6.06. The fourth-order valence-electron chi connectivity index (χ4n) is 1.84. The van der Waals surface area contributed by atoms with Crippen LogP contribution >= 0.6 is 0 Å². The van der Waals surface area contributed by atoms with Crippen LogP contribution in [0.3, 0.4) is 0 Å². The van der Waals surface area contributed by atoms with E-state index in [4.69, 9.17) is 9.26 Å². The van der Waals surface area contributed by atoms with Crippen molar-refractivity contribution in [2.75, 3.05) is 12.4 Å². The molecular formula is C14H16N2O3. The van der Waals surface area contributed by atoms with E-state index < -0.39 is 0 Å². The minimum atomic E-state index is -0.219. The first kappa shape index (κ1) is 13.1. The highest BCUT2D eigenvalue weighted by Gasteiger charge is 2.19.